The van der Waals surface area contributed by atoms with Gasteiger partial charge in [-0.25, -0.2) is 9.59 Å². The Morgan fingerprint density at radius 1 is 0.643 bits per heavy atom. The van der Waals surface area contributed by atoms with Gasteiger partial charge in [0, 0.05) is 13.1 Å². The maximum Gasteiger partial charge on any atom is 0.327 e. The highest BCUT2D eigenvalue weighted by Gasteiger charge is 2.59. The van der Waals surface area contributed by atoms with Gasteiger partial charge < -0.3 is 9.80 Å². The summed E-state index contributed by atoms with van der Waals surface area (Å²) < 4.78 is 0. The van der Waals surface area contributed by atoms with Gasteiger partial charge in [-0.1, -0.05) is 0 Å². The number of likely N-dealkylation sites (tertiary alicyclic amines) is 2. The molecule has 4 rings (SSSR count). The molecule has 4 saturated heterocycles. The van der Waals surface area contributed by atoms with E-state index in [4.69, 9.17) is 0 Å². The topological polar surface area (TPSA) is 56.0 Å². The number of rotatable bonds is 6. The van der Waals surface area contributed by atoms with Crippen molar-refractivity contribution in [1.82, 2.24) is 19.6 Å². The predicted octanol–water partition coefficient (Wildman–Crippen LogP) is -0.794. The van der Waals surface area contributed by atoms with Gasteiger partial charge in [0.2, 0.25) is 0 Å². The first-order valence-electron chi connectivity index (χ1n) is 11.5. The van der Waals surface area contributed by atoms with E-state index in [1.165, 1.54) is 48.3 Å². The number of carbonyl (C=O) groups is 2. The van der Waals surface area contributed by atoms with Crippen molar-refractivity contribution in [3.8, 4) is 0 Å². The van der Waals surface area contributed by atoms with Gasteiger partial charge in [0.25, 0.3) is 0 Å². The molecule has 8 nitrogen and oxygen atoms in total. The summed E-state index contributed by atoms with van der Waals surface area (Å²) in [5.41, 5.74) is 0. The Kier molecular flexibility index (Phi) is 5.96. The van der Waals surface area contributed by atoms with Gasteiger partial charge in [0.15, 0.2) is 25.7 Å². The number of hydrogen-bond donors (Lipinski definition) is 2. The van der Waals surface area contributed by atoms with Crippen LogP contribution in [0.3, 0.4) is 0 Å². The zero-order valence-corrected chi connectivity index (χ0v) is 17.7. The van der Waals surface area contributed by atoms with Crippen molar-refractivity contribution in [1.29, 1.82) is 0 Å². The van der Waals surface area contributed by atoms with Crippen LogP contribution in [0.2, 0.25) is 0 Å². The molecule has 4 amide bonds. The Morgan fingerprint density at radius 3 is 1.32 bits per heavy atom. The van der Waals surface area contributed by atoms with Gasteiger partial charge in [-0.3, -0.25) is 19.6 Å². The molecule has 8 heteroatoms. The van der Waals surface area contributed by atoms with Crippen LogP contribution in [-0.2, 0) is 0 Å². The number of fused-ring (bicyclic) bond motifs is 1. The van der Waals surface area contributed by atoms with Crippen molar-refractivity contribution in [2.75, 3.05) is 52.6 Å². The number of nitrogens with one attached hydrogen (secondary N) is 2. The van der Waals surface area contributed by atoms with Gasteiger partial charge in [-0.2, -0.15) is 0 Å². The lowest BCUT2D eigenvalue weighted by Gasteiger charge is -2.33. The minimum Gasteiger partial charge on any atom is -0.318 e. The van der Waals surface area contributed by atoms with Gasteiger partial charge in [0.05, 0.1) is 26.2 Å². The number of nitrogens with zero attached hydrogens (tertiary/aromatic N) is 4. The third-order valence-corrected chi connectivity index (χ3v) is 7.12. The maximum absolute atomic E-state index is 13.3. The Labute approximate surface area is 169 Å². The second-order valence-electron chi connectivity index (χ2n) is 8.84. The molecule has 0 bridgehead atoms. The first kappa shape index (κ1) is 19.8. The molecule has 0 saturated carbocycles. The molecule has 0 aromatic carbocycles. The summed E-state index contributed by atoms with van der Waals surface area (Å²) in [6.07, 6.45) is 7.29. The number of hydrogen-bond acceptors (Lipinski definition) is 2. The van der Waals surface area contributed by atoms with Gasteiger partial charge in [0.1, 0.15) is 0 Å². The quantitative estimate of drug-likeness (QED) is 0.620. The SMILES string of the molecule is CCN1C(=O)N(C[NH+]2CCCCC2)[C@H]2[C@H]1N(C[NH+]1CCCCC1)C(=O)N2CC. The Bertz CT molecular complexity index is 525. The molecule has 4 heterocycles. The molecule has 2 N–H and O–H groups in total. The highest BCUT2D eigenvalue weighted by atomic mass is 16.2. The monoisotopic (exact) mass is 394 g/mol. The van der Waals surface area contributed by atoms with E-state index in [0.29, 0.717) is 13.1 Å². The summed E-state index contributed by atoms with van der Waals surface area (Å²) in [4.78, 5) is 37.4. The Hall–Kier alpha value is -1.54. The molecule has 158 valence electrons. The molecular weight excluding hydrogens is 356 g/mol. The van der Waals surface area contributed by atoms with Gasteiger partial charge in [-0.05, 0) is 52.4 Å². The van der Waals surface area contributed by atoms with E-state index in [1.54, 1.807) is 0 Å². The fourth-order valence-electron chi connectivity index (χ4n) is 5.63. The Morgan fingerprint density at radius 2 is 1.00 bits per heavy atom. The van der Waals surface area contributed by atoms with Crippen molar-refractivity contribution in [3.05, 3.63) is 0 Å². The molecular formula is C20H38N6O2+2. The zero-order valence-electron chi connectivity index (χ0n) is 17.7. The normalized spacial score (nSPS) is 29.9. The van der Waals surface area contributed by atoms with E-state index in [2.05, 4.69) is 0 Å². The largest absolute Gasteiger partial charge is 0.327 e. The fourth-order valence-corrected chi connectivity index (χ4v) is 5.63. The Balaban J connectivity index is 1.56. The minimum absolute atomic E-state index is 0.111. The highest BCUT2D eigenvalue weighted by Crippen LogP contribution is 2.33. The molecule has 4 aliphatic heterocycles. The first-order chi connectivity index (χ1) is 13.7. The van der Waals surface area contributed by atoms with Crippen LogP contribution in [0.15, 0.2) is 0 Å². The van der Waals surface area contributed by atoms with Crippen LogP contribution in [0.5, 0.6) is 0 Å². The number of piperidine rings is 2. The second kappa shape index (κ2) is 8.45. The average molecular weight is 395 g/mol. The third-order valence-electron chi connectivity index (χ3n) is 7.12. The molecule has 0 aromatic heterocycles. The smallest absolute Gasteiger partial charge is 0.318 e. The molecule has 0 unspecified atom stereocenters. The fraction of sp³-hybridized carbons (Fsp3) is 0.900. The lowest BCUT2D eigenvalue weighted by molar-refractivity contribution is -0.914. The van der Waals surface area contributed by atoms with Crippen LogP contribution >= 0.6 is 0 Å². The lowest BCUT2D eigenvalue weighted by Crippen LogP contribution is -3.14. The van der Waals surface area contributed by atoms with Crippen LogP contribution < -0.4 is 9.80 Å². The number of likely N-dealkylation sites (N-methyl/N-ethyl adjacent to an activating group) is 2. The summed E-state index contributed by atoms with van der Waals surface area (Å²) in [5, 5.41) is 0. The van der Waals surface area contributed by atoms with E-state index in [9.17, 15) is 9.59 Å². The maximum atomic E-state index is 13.3. The van der Waals surface area contributed by atoms with E-state index >= 15 is 0 Å². The van der Waals surface area contributed by atoms with Crippen LogP contribution in [0.25, 0.3) is 0 Å². The number of urea groups is 2. The van der Waals surface area contributed by atoms with E-state index < -0.39 is 0 Å². The number of amides is 4. The number of quaternary nitrogens is 2. The summed E-state index contributed by atoms with van der Waals surface area (Å²) in [7, 11) is 0. The molecule has 0 spiro atoms. The predicted molar refractivity (Wildman–Crippen MR) is 106 cm³/mol. The van der Waals surface area contributed by atoms with Crippen LogP contribution in [0.1, 0.15) is 52.4 Å². The summed E-state index contributed by atoms with van der Waals surface area (Å²) in [6.45, 7) is 11.4. The van der Waals surface area contributed by atoms with E-state index in [-0.39, 0.29) is 24.4 Å². The average Bonchev–Trinajstić information content (AvgIpc) is 3.14. The van der Waals surface area contributed by atoms with Crippen molar-refractivity contribution in [2.24, 2.45) is 0 Å². The second-order valence-corrected chi connectivity index (χ2v) is 8.84. The van der Waals surface area contributed by atoms with E-state index in [0.717, 1.165) is 39.5 Å². The molecule has 4 aliphatic rings. The lowest BCUT2D eigenvalue weighted by atomic mass is 10.1. The standard InChI is InChI=1S/C20H36N6O2/c1-3-23-17-18(26(19(23)27)16-22-13-9-6-10-14-22)24(4-2)20(28)25(17)15-21-11-7-5-8-12-21/h17-18H,3-16H2,1-2H3/p+2/t17-,18+. The highest BCUT2D eigenvalue weighted by molar-refractivity contribution is 5.85. The molecule has 2 atom stereocenters. The number of carbonyl (C=O) groups excluding carboxylic acids is 2. The van der Waals surface area contributed by atoms with Crippen molar-refractivity contribution >= 4 is 12.1 Å². The zero-order chi connectivity index (χ0) is 19.7. The first-order valence-corrected chi connectivity index (χ1v) is 11.5. The third kappa shape index (κ3) is 3.45. The van der Waals surface area contributed by atoms with Crippen molar-refractivity contribution in [2.45, 2.75) is 64.7 Å². The van der Waals surface area contributed by atoms with Crippen molar-refractivity contribution in [3.63, 3.8) is 0 Å². The van der Waals surface area contributed by atoms with Crippen molar-refractivity contribution < 1.29 is 19.4 Å². The van der Waals surface area contributed by atoms with Gasteiger partial charge in [-0.15, -0.1) is 0 Å². The van der Waals surface area contributed by atoms with Crippen LogP contribution in [-0.4, -0.2) is 96.6 Å². The molecule has 4 fully saturated rings. The van der Waals surface area contributed by atoms with Crippen LogP contribution in [0.4, 0.5) is 9.59 Å². The summed E-state index contributed by atoms with van der Waals surface area (Å²) in [6, 6.07) is 0.223. The minimum atomic E-state index is -0.136. The van der Waals surface area contributed by atoms with Crippen LogP contribution in [0, 0.1) is 0 Å². The molecule has 0 aromatic rings. The van der Waals surface area contributed by atoms with Gasteiger partial charge >= 0.3 is 12.1 Å². The summed E-state index contributed by atoms with van der Waals surface area (Å²) in [5.74, 6) is 0. The molecule has 0 radical (unpaired) electrons. The summed E-state index contributed by atoms with van der Waals surface area (Å²) >= 11 is 0. The molecule has 28 heavy (non-hydrogen) atoms. The molecule has 0 aliphatic carbocycles. The van der Waals surface area contributed by atoms with E-state index in [1.807, 2.05) is 33.4 Å².